The summed E-state index contributed by atoms with van der Waals surface area (Å²) in [5.41, 5.74) is 0. The van der Waals surface area contributed by atoms with Crippen molar-refractivity contribution in [3.05, 3.63) is 30.3 Å². The Morgan fingerprint density at radius 2 is 1.41 bits per heavy atom. The highest BCUT2D eigenvalue weighted by atomic mass is 16.6. The summed E-state index contributed by atoms with van der Waals surface area (Å²) < 4.78 is 21.4. The van der Waals surface area contributed by atoms with Gasteiger partial charge in [0.2, 0.25) is 5.91 Å². The van der Waals surface area contributed by atoms with Crippen LogP contribution in [0.5, 0.6) is 5.75 Å². The van der Waals surface area contributed by atoms with Crippen LogP contribution in [0.2, 0.25) is 0 Å². The van der Waals surface area contributed by atoms with E-state index in [4.69, 9.17) is 18.9 Å². The number of hydrogen-bond acceptors (Lipinski definition) is 5. The fourth-order valence-electron chi connectivity index (χ4n) is 1.46. The smallest absolute Gasteiger partial charge is 0.248 e. The molecule has 1 rings (SSSR count). The monoisotopic (exact) mass is 311 g/mol. The molecule has 0 aliphatic carbocycles. The van der Waals surface area contributed by atoms with Crippen LogP contribution >= 0.6 is 0 Å². The molecule has 0 radical (unpaired) electrons. The molecule has 0 aromatic heterocycles. The molecule has 0 aliphatic heterocycles. The molecule has 6 heteroatoms. The Morgan fingerprint density at radius 1 is 0.864 bits per heavy atom. The summed E-state index contributed by atoms with van der Waals surface area (Å²) in [5, 5.41) is 0. The van der Waals surface area contributed by atoms with Crippen molar-refractivity contribution in [3.8, 4) is 5.75 Å². The molecule has 0 saturated heterocycles. The van der Waals surface area contributed by atoms with Gasteiger partial charge in [-0.1, -0.05) is 18.2 Å². The summed E-state index contributed by atoms with van der Waals surface area (Å²) in [6, 6.07) is 9.62. The maximum absolute atomic E-state index is 11.2. The second-order valence-corrected chi connectivity index (χ2v) is 4.73. The van der Waals surface area contributed by atoms with Gasteiger partial charge in [0.25, 0.3) is 0 Å². The van der Waals surface area contributed by atoms with Crippen molar-refractivity contribution in [3.63, 3.8) is 0 Å². The van der Waals surface area contributed by atoms with Crippen LogP contribution in [-0.4, -0.2) is 71.2 Å². The Balaban J connectivity index is 1.81. The molecule has 0 fully saturated rings. The van der Waals surface area contributed by atoms with Crippen molar-refractivity contribution in [2.75, 3.05) is 60.3 Å². The lowest BCUT2D eigenvalue weighted by molar-refractivity contribution is -0.134. The van der Waals surface area contributed by atoms with Crippen LogP contribution < -0.4 is 4.74 Å². The second-order valence-electron chi connectivity index (χ2n) is 4.73. The van der Waals surface area contributed by atoms with E-state index in [-0.39, 0.29) is 12.5 Å². The highest BCUT2D eigenvalue weighted by molar-refractivity contribution is 5.76. The molecule has 22 heavy (non-hydrogen) atoms. The molecule has 0 N–H and O–H groups in total. The van der Waals surface area contributed by atoms with Gasteiger partial charge in [-0.3, -0.25) is 4.79 Å². The van der Waals surface area contributed by atoms with Gasteiger partial charge < -0.3 is 23.8 Å². The molecule has 0 heterocycles. The number of benzene rings is 1. The van der Waals surface area contributed by atoms with Gasteiger partial charge in [-0.25, -0.2) is 0 Å². The molecule has 0 spiro atoms. The number of hydrogen-bond donors (Lipinski definition) is 0. The Kier molecular flexibility index (Phi) is 10.0. The van der Waals surface area contributed by atoms with Gasteiger partial charge in [0.1, 0.15) is 19.0 Å². The van der Waals surface area contributed by atoms with Crippen molar-refractivity contribution in [1.29, 1.82) is 0 Å². The fraction of sp³-hybridized carbons (Fsp3) is 0.562. The first-order valence-corrected chi connectivity index (χ1v) is 7.31. The van der Waals surface area contributed by atoms with E-state index in [9.17, 15) is 4.79 Å². The first kappa shape index (κ1) is 18.4. The van der Waals surface area contributed by atoms with Gasteiger partial charge in [0.05, 0.1) is 33.0 Å². The first-order valence-electron chi connectivity index (χ1n) is 7.31. The molecule has 0 saturated carbocycles. The second kappa shape index (κ2) is 12.0. The number of carbonyl (C=O) groups excluding carboxylic acids is 1. The Labute approximate surface area is 131 Å². The summed E-state index contributed by atoms with van der Waals surface area (Å²) in [7, 11) is 3.39. The molecule has 0 bridgehead atoms. The summed E-state index contributed by atoms with van der Waals surface area (Å²) >= 11 is 0. The summed E-state index contributed by atoms with van der Waals surface area (Å²) in [6.07, 6.45) is 0. The zero-order valence-electron chi connectivity index (χ0n) is 13.3. The first-order chi connectivity index (χ1) is 10.7. The molecule has 6 nitrogen and oxygen atoms in total. The van der Waals surface area contributed by atoms with Crippen LogP contribution in [0.25, 0.3) is 0 Å². The number of para-hydroxylation sites is 1. The lowest BCUT2D eigenvalue weighted by Gasteiger charge is -2.10. The van der Waals surface area contributed by atoms with Crippen LogP contribution in [0.1, 0.15) is 0 Å². The highest BCUT2D eigenvalue weighted by Gasteiger charge is 2.02. The van der Waals surface area contributed by atoms with E-state index in [2.05, 4.69) is 0 Å². The molecular weight excluding hydrogens is 286 g/mol. The number of likely N-dealkylation sites (N-methyl/N-ethyl adjacent to an activating group) is 1. The highest BCUT2D eigenvalue weighted by Crippen LogP contribution is 2.07. The summed E-state index contributed by atoms with van der Waals surface area (Å²) in [6.45, 7) is 2.97. The van der Waals surface area contributed by atoms with Gasteiger partial charge >= 0.3 is 0 Å². The molecule has 0 aliphatic rings. The summed E-state index contributed by atoms with van der Waals surface area (Å²) in [4.78, 5) is 12.7. The third-order valence-electron chi connectivity index (χ3n) is 2.71. The van der Waals surface area contributed by atoms with Crippen LogP contribution in [0.15, 0.2) is 30.3 Å². The zero-order valence-corrected chi connectivity index (χ0v) is 13.3. The molecule has 1 aromatic rings. The van der Waals surface area contributed by atoms with E-state index < -0.39 is 0 Å². The fourth-order valence-corrected chi connectivity index (χ4v) is 1.46. The number of amides is 1. The largest absolute Gasteiger partial charge is 0.491 e. The number of nitrogens with zero attached hydrogens (tertiary/aromatic N) is 1. The average molecular weight is 311 g/mol. The van der Waals surface area contributed by atoms with E-state index >= 15 is 0 Å². The van der Waals surface area contributed by atoms with Gasteiger partial charge in [-0.05, 0) is 12.1 Å². The average Bonchev–Trinajstić information content (AvgIpc) is 2.53. The molecule has 0 unspecified atom stereocenters. The standard InChI is InChI=1S/C16H25NO5/c1-17(2)16(18)14-21-11-10-19-8-9-20-12-13-22-15-6-4-3-5-7-15/h3-7H,8-14H2,1-2H3. The van der Waals surface area contributed by atoms with Crippen molar-refractivity contribution in [2.45, 2.75) is 0 Å². The van der Waals surface area contributed by atoms with Crippen LogP contribution in [0, 0.1) is 0 Å². The van der Waals surface area contributed by atoms with Crippen molar-refractivity contribution < 1.29 is 23.7 Å². The van der Waals surface area contributed by atoms with Crippen LogP contribution in [-0.2, 0) is 19.0 Å². The van der Waals surface area contributed by atoms with E-state index in [0.717, 1.165) is 5.75 Å². The quantitative estimate of drug-likeness (QED) is 0.543. The predicted molar refractivity (Wildman–Crippen MR) is 83.1 cm³/mol. The molecule has 1 amide bonds. The Hall–Kier alpha value is -1.63. The van der Waals surface area contributed by atoms with Crippen LogP contribution in [0.4, 0.5) is 0 Å². The topological polar surface area (TPSA) is 57.2 Å². The van der Waals surface area contributed by atoms with E-state index in [0.29, 0.717) is 39.6 Å². The third kappa shape index (κ3) is 9.33. The number of carbonyl (C=O) groups is 1. The molecule has 124 valence electrons. The van der Waals surface area contributed by atoms with Gasteiger partial charge in [0.15, 0.2) is 0 Å². The van der Waals surface area contributed by atoms with Crippen LogP contribution in [0.3, 0.4) is 0 Å². The Morgan fingerprint density at radius 3 is 2.00 bits per heavy atom. The molecule has 0 atom stereocenters. The van der Waals surface area contributed by atoms with Gasteiger partial charge in [0, 0.05) is 14.1 Å². The number of rotatable bonds is 12. The lowest BCUT2D eigenvalue weighted by Crippen LogP contribution is -2.27. The van der Waals surface area contributed by atoms with Crippen molar-refractivity contribution in [2.24, 2.45) is 0 Å². The third-order valence-corrected chi connectivity index (χ3v) is 2.71. The van der Waals surface area contributed by atoms with Gasteiger partial charge in [-0.2, -0.15) is 0 Å². The minimum absolute atomic E-state index is 0.0539. The summed E-state index contributed by atoms with van der Waals surface area (Å²) in [5.74, 6) is 0.786. The minimum atomic E-state index is -0.0539. The van der Waals surface area contributed by atoms with E-state index in [1.165, 1.54) is 4.90 Å². The van der Waals surface area contributed by atoms with E-state index in [1.807, 2.05) is 30.3 Å². The minimum Gasteiger partial charge on any atom is -0.491 e. The number of ether oxygens (including phenoxy) is 4. The normalized spacial score (nSPS) is 10.5. The zero-order chi connectivity index (χ0) is 16.0. The lowest BCUT2D eigenvalue weighted by atomic mass is 10.3. The van der Waals surface area contributed by atoms with Gasteiger partial charge in [-0.15, -0.1) is 0 Å². The van der Waals surface area contributed by atoms with Crippen molar-refractivity contribution in [1.82, 2.24) is 4.90 Å². The Bertz CT molecular complexity index is 397. The SMILES string of the molecule is CN(C)C(=O)COCCOCCOCCOc1ccccc1. The molecular formula is C16H25NO5. The molecule has 1 aromatic carbocycles. The maximum atomic E-state index is 11.2. The van der Waals surface area contributed by atoms with Crippen molar-refractivity contribution >= 4 is 5.91 Å². The maximum Gasteiger partial charge on any atom is 0.248 e. The predicted octanol–water partition coefficient (Wildman–Crippen LogP) is 1.20. The van der Waals surface area contributed by atoms with E-state index in [1.54, 1.807) is 14.1 Å².